The fourth-order valence-corrected chi connectivity index (χ4v) is 3.81. The maximum Gasteiger partial charge on any atom is 0.253 e. The molecule has 4 aromatic rings. The molecule has 1 fully saturated rings. The van der Waals surface area contributed by atoms with Gasteiger partial charge in [0.15, 0.2) is 11.5 Å². The number of hydrogen-bond acceptors (Lipinski definition) is 4. The van der Waals surface area contributed by atoms with Gasteiger partial charge in [-0.1, -0.05) is 23.8 Å². The van der Waals surface area contributed by atoms with Crippen LogP contribution in [-0.4, -0.2) is 43.5 Å². The molecule has 1 aliphatic heterocycles. The van der Waals surface area contributed by atoms with Crippen LogP contribution in [0.4, 0.5) is 0 Å². The van der Waals surface area contributed by atoms with Crippen LogP contribution in [0.25, 0.3) is 16.8 Å². The normalized spacial score (nSPS) is 16.4. The molecule has 0 bridgehead atoms. The molecule has 5 rings (SSSR count). The standard InChI is InChI=1S/C23H21N5O/c1-16-4-6-17(7-5-16)23(29)27-12-10-20(14-27)22-25-21-9-8-19(15-28(21)26-22)18-3-2-11-24-13-18/h2-9,11,13,15,20H,10,12,14H2,1H3/t20-/m1/s1. The first-order valence-electron chi connectivity index (χ1n) is 9.80. The Balaban J connectivity index is 1.36. The van der Waals surface area contributed by atoms with Crippen molar-refractivity contribution in [1.82, 2.24) is 24.5 Å². The van der Waals surface area contributed by atoms with E-state index < -0.39 is 0 Å². The summed E-state index contributed by atoms with van der Waals surface area (Å²) in [5.74, 6) is 1.04. The first kappa shape index (κ1) is 17.6. The largest absolute Gasteiger partial charge is 0.338 e. The smallest absolute Gasteiger partial charge is 0.253 e. The monoisotopic (exact) mass is 383 g/mol. The summed E-state index contributed by atoms with van der Waals surface area (Å²) in [6, 6.07) is 15.7. The molecule has 0 saturated carbocycles. The van der Waals surface area contributed by atoms with Gasteiger partial charge in [0.1, 0.15) is 0 Å². The molecule has 6 nitrogen and oxygen atoms in total. The predicted octanol–water partition coefficient (Wildman–Crippen LogP) is 3.73. The molecule has 3 aromatic heterocycles. The van der Waals surface area contributed by atoms with Gasteiger partial charge in [0.05, 0.1) is 0 Å². The van der Waals surface area contributed by atoms with E-state index in [1.165, 1.54) is 0 Å². The van der Waals surface area contributed by atoms with Crippen LogP contribution in [0, 0.1) is 6.92 Å². The lowest BCUT2D eigenvalue weighted by Gasteiger charge is -2.16. The van der Waals surface area contributed by atoms with E-state index in [0.29, 0.717) is 6.54 Å². The second-order valence-corrected chi connectivity index (χ2v) is 7.54. The molecule has 1 saturated heterocycles. The third kappa shape index (κ3) is 3.38. The van der Waals surface area contributed by atoms with E-state index in [1.54, 1.807) is 6.20 Å². The van der Waals surface area contributed by atoms with Crippen molar-refractivity contribution in [1.29, 1.82) is 0 Å². The highest BCUT2D eigenvalue weighted by Crippen LogP contribution is 2.27. The first-order chi connectivity index (χ1) is 14.2. The SMILES string of the molecule is Cc1ccc(C(=O)N2CC[C@@H](c3nc4ccc(-c5cccnc5)cn4n3)C2)cc1. The van der Waals surface area contributed by atoms with Crippen molar-refractivity contribution in [2.24, 2.45) is 0 Å². The molecular weight excluding hydrogens is 362 g/mol. The van der Waals surface area contributed by atoms with E-state index in [9.17, 15) is 4.79 Å². The number of carbonyl (C=O) groups is 1. The molecule has 1 aliphatic rings. The summed E-state index contributed by atoms with van der Waals surface area (Å²) in [6.07, 6.45) is 6.46. The third-order valence-corrected chi connectivity index (χ3v) is 5.48. The fraction of sp³-hybridized carbons (Fsp3) is 0.217. The summed E-state index contributed by atoms with van der Waals surface area (Å²) in [5, 5.41) is 4.71. The van der Waals surface area contributed by atoms with Crippen LogP contribution >= 0.6 is 0 Å². The van der Waals surface area contributed by atoms with E-state index in [4.69, 9.17) is 10.1 Å². The Bertz CT molecular complexity index is 1170. The minimum absolute atomic E-state index is 0.0788. The number of nitrogens with zero attached hydrogens (tertiary/aromatic N) is 5. The van der Waals surface area contributed by atoms with Gasteiger partial charge in [0.25, 0.3) is 5.91 Å². The topological polar surface area (TPSA) is 63.4 Å². The number of aryl methyl sites for hydroxylation is 1. The van der Waals surface area contributed by atoms with Gasteiger partial charge in [-0.15, -0.1) is 0 Å². The Morgan fingerprint density at radius 3 is 2.72 bits per heavy atom. The lowest BCUT2D eigenvalue weighted by Crippen LogP contribution is -2.28. The van der Waals surface area contributed by atoms with Gasteiger partial charge in [0.2, 0.25) is 0 Å². The summed E-state index contributed by atoms with van der Waals surface area (Å²) in [5.41, 5.74) is 4.79. The third-order valence-electron chi connectivity index (χ3n) is 5.48. The van der Waals surface area contributed by atoms with Gasteiger partial charge in [0, 0.05) is 54.3 Å². The van der Waals surface area contributed by atoms with E-state index in [2.05, 4.69) is 4.98 Å². The minimum atomic E-state index is 0.0788. The average molecular weight is 383 g/mol. The number of hydrogen-bond donors (Lipinski definition) is 0. The predicted molar refractivity (Wildman–Crippen MR) is 111 cm³/mol. The number of likely N-dealkylation sites (tertiary alicyclic amines) is 1. The van der Waals surface area contributed by atoms with Gasteiger partial charge in [-0.3, -0.25) is 9.78 Å². The van der Waals surface area contributed by atoms with Crippen molar-refractivity contribution in [2.75, 3.05) is 13.1 Å². The molecule has 0 aliphatic carbocycles. The highest BCUT2D eigenvalue weighted by molar-refractivity contribution is 5.94. The average Bonchev–Trinajstić information content (AvgIpc) is 3.41. The number of carbonyl (C=O) groups excluding carboxylic acids is 1. The summed E-state index contributed by atoms with van der Waals surface area (Å²) in [7, 11) is 0. The molecular formula is C23H21N5O. The van der Waals surface area contributed by atoms with Crippen molar-refractivity contribution in [3.8, 4) is 11.1 Å². The summed E-state index contributed by atoms with van der Waals surface area (Å²) >= 11 is 0. The van der Waals surface area contributed by atoms with Crippen LogP contribution in [0.5, 0.6) is 0 Å². The lowest BCUT2D eigenvalue weighted by molar-refractivity contribution is 0.0790. The van der Waals surface area contributed by atoms with E-state index in [1.807, 2.05) is 77.3 Å². The summed E-state index contributed by atoms with van der Waals surface area (Å²) < 4.78 is 1.82. The summed E-state index contributed by atoms with van der Waals surface area (Å²) in [4.78, 5) is 23.6. The second-order valence-electron chi connectivity index (χ2n) is 7.54. The molecule has 4 heterocycles. The van der Waals surface area contributed by atoms with E-state index in [0.717, 1.165) is 46.7 Å². The molecule has 0 spiro atoms. The van der Waals surface area contributed by atoms with Crippen LogP contribution in [-0.2, 0) is 0 Å². The molecule has 1 amide bonds. The van der Waals surface area contributed by atoms with Crippen LogP contribution in [0.3, 0.4) is 0 Å². The maximum absolute atomic E-state index is 12.8. The zero-order chi connectivity index (χ0) is 19.8. The zero-order valence-electron chi connectivity index (χ0n) is 16.2. The Kier molecular flexibility index (Phi) is 4.31. The molecule has 0 N–H and O–H groups in total. The minimum Gasteiger partial charge on any atom is -0.338 e. The van der Waals surface area contributed by atoms with Crippen LogP contribution in [0.15, 0.2) is 67.1 Å². The Morgan fingerprint density at radius 2 is 1.93 bits per heavy atom. The van der Waals surface area contributed by atoms with Crippen molar-refractivity contribution in [2.45, 2.75) is 19.3 Å². The van der Waals surface area contributed by atoms with E-state index in [-0.39, 0.29) is 11.8 Å². The Labute approximate surface area is 168 Å². The maximum atomic E-state index is 12.8. The number of aromatic nitrogens is 4. The highest BCUT2D eigenvalue weighted by atomic mass is 16.2. The van der Waals surface area contributed by atoms with Gasteiger partial charge in [-0.25, -0.2) is 9.50 Å². The number of rotatable bonds is 3. The van der Waals surface area contributed by atoms with Gasteiger partial charge < -0.3 is 4.90 Å². The van der Waals surface area contributed by atoms with Crippen LogP contribution < -0.4 is 0 Å². The summed E-state index contributed by atoms with van der Waals surface area (Å²) in [6.45, 7) is 3.40. The Morgan fingerprint density at radius 1 is 1.07 bits per heavy atom. The second kappa shape index (κ2) is 7.13. The number of benzene rings is 1. The van der Waals surface area contributed by atoms with Crippen molar-refractivity contribution < 1.29 is 4.79 Å². The van der Waals surface area contributed by atoms with Crippen molar-refractivity contribution in [3.05, 3.63) is 84.1 Å². The molecule has 0 unspecified atom stereocenters. The molecule has 0 radical (unpaired) electrons. The molecule has 1 aromatic carbocycles. The molecule has 144 valence electrons. The number of amides is 1. The van der Waals surface area contributed by atoms with Crippen LogP contribution in [0.1, 0.15) is 34.1 Å². The quantitative estimate of drug-likeness (QED) is 0.541. The van der Waals surface area contributed by atoms with Crippen molar-refractivity contribution in [3.63, 3.8) is 0 Å². The van der Waals surface area contributed by atoms with Gasteiger partial charge in [-0.2, -0.15) is 5.10 Å². The zero-order valence-corrected chi connectivity index (χ0v) is 16.2. The first-order valence-corrected chi connectivity index (χ1v) is 9.80. The Hall–Kier alpha value is -3.54. The highest BCUT2D eigenvalue weighted by Gasteiger charge is 2.30. The van der Waals surface area contributed by atoms with Crippen LogP contribution in [0.2, 0.25) is 0 Å². The molecule has 29 heavy (non-hydrogen) atoms. The fourth-order valence-electron chi connectivity index (χ4n) is 3.81. The van der Waals surface area contributed by atoms with E-state index >= 15 is 0 Å². The van der Waals surface area contributed by atoms with Gasteiger partial charge in [-0.05, 0) is 43.7 Å². The molecule has 6 heteroatoms. The molecule has 1 atom stereocenters. The van der Waals surface area contributed by atoms with Crippen molar-refractivity contribution >= 4 is 11.6 Å². The lowest BCUT2D eigenvalue weighted by atomic mass is 10.1. The number of fused-ring (bicyclic) bond motifs is 1. The number of pyridine rings is 2. The van der Waals surface area contributed by atoms with Gasteiger partial charge >= 0.3 is 0 Å².